The summed E-state index contributed by atoms with van der Waals surface area (Å²) in [6.45, 7) is 2.88. The van der Waals surface area contributed by atoms with Crippen LogP contribution in [0.2, 0.25) is 0 Å². The van der Waals surface area contributed by atoms with Crippen LogP contribution in [0.5, 0.6) is 0 Å². The number of benzene rings is 1. The molecule has 2 aromatic heterocycles. The molecule has 0 aliphatic heterocycles. The summed E-state index contributed by atoms with van der Waals surface area (Å²) in [5.41, 5.74) is 3.27. The maximum atomic E-state index is 12.9. The fourth-order valence-corrected chi connectivity index (χ4v) is 3.59. The van der Waals surface area contributed by atoms with E-state index in [1.165, 1.54) is 17.7 Å². The summed E-state index contributed by atoms with van der Waals surface area (Å²) in [4.78, 5) is 4.60. The summed E-state index contributed by atoms with van der Waals surface area (Å²) < 4.78 is 12.9. The molecule has 2 nitrogen and oxygen atoms in total. The molecule has 3 rings (SSSR count). The Morgan fingerprint density at radius 3 is 2.71 bits per heavy atom. The number of thiazole rings is 1. The van der Waals surface area contributed by atoms with E-state index in [4.69, 9.17) is 0 Å². The third-order valence-corrected chi connectivity index (χ3v) is 4.92. The van der Waals surface area contributed by atoms with E-state index in [1.54, 1.807) is 34.8 Å². The van der Waals surface area contributed by atoms with Crippen molar-refractivity contribution in [3.63, 3.8) is 0 Å². The molecular formula is C16H15FN2S2. The first kappa shape index (κ1) is 14.4. The van der Waals surface area contributed by atoms with E-state index in [0.29, 0.717) is 6.04 Å². The smallest absolute Gasteiger partial charge is 0.123 e. The van der Waals surface area contributed by atoms with Gasteiger partial charge in [0.2, 0.25) is 0 Å². The largest absolute Gasteiger partial charge is 0.305 e. The number of halogens is 1. The number of nitrogens with zero attached hydrogens (tertiary/aromatic N) is 1. The normalized spacial score (nSPS) is 12.5. The van der Waals surface area contributed by atoms with E-state index < -0.39 is 0 Å². The van der Waals surface area contributed by atoms with Gasteiger partial charge in [-0.3, -0.25) is 0 Å². The number of hydrogen-bond donors (Lipinski definition) is 1. The highest BCUT2D eigenvalue weighted by molar-refractivity contribution is 7.13. The second-order valence-corrected chi connectivity index (χ2v) is 6.45. The Labute approximate surface area is 131 Å². The van der Waals surface area contributed by atoms with Crippen LogP contribution in [0.3, 0.4) is 0 Å². The highest BCUT2D eigenvalue weighted by Gasteiger charge is 2.08. The highest BCUT2D eigenvalue weighted by Crippen LogP contribution is 2.24. The molecule has 0 aliphatic carbocycles. The number of hydrogen-bond acceptors (Lipinski definition) is 4. The molecule has 0 bridgehead atoms. The summed E-state index contributed by atoms with van der Waals surface area (Å²) in [5, 5.41) is 10.7. The minimum atomic E-state index is -0.221. The summed E-state index contributed by atoms with van der Waals surface area (Å²) in [6, 6.07) is 8.90. The molecule has 1 aromatic carbocycles. The predicted octanol–water partition coefficient (Wildman–Crippen LogP) is 4.86. The molecule has 0 aliphatic rings. The maximum absolute atomic E-state index is 12.9. The van der Waals surface area contributed by atoms with E-state index in [9.17, 15) is 4.39 Å². The van der Waals surface area contributed by atoms with Crippen molar-refractivity contribution in [2.45, 2.75) is 19.5 Å². The van der Waals surface area contributed by atoms with Crippen molar-refractivity contribution >= 4 is 22.7 Å². The number of thiophene rings is 1. The Hall–Kier alpha value is -1.56. The first-order chi connectivity index (χ1) is 10.2. The van der Waals surface area contributed by atoms with Gasteiger partial charge >= 0.3 is 0 Å². The SMILES string of the molecule is CC(NCc1csc(-c2ccc(F)cc2)n1)c1ccsc1. The van der Waals surface area contributed by atoms with Crippen LogP contribution in [0.1, 0.15) is 24.2 Å². The minimum Gasteiger partial charge on any atom is -0.305 e. The first-order valence-corrected chi connectivity index (χ1v) is 8.50. The van der Waals surface area contributed by atoms with Crippen LogP contribution in [0.4, 0.5) is 4.39 Å². The lowest BCUT2D eigenvalue weighted by Gasteiger charge is -2.10. The molecule has 1 atom stereocenters. The number of nitrogens with one attached hydrogen (secondary N) is 1. The maximum Gasteiger partial charge on any atom is 0.123 e. The fourth-order valence-electron chi connectivity index (χ4n) is 2.01. The number of rotatable bonds is 5. The molecule has 1 N–H and O–H groups in total. The van der Waals surface area contributed by atoms with Gasteiger partial charge in [-0.1, -0.05) is 0 Å². The third kappa shape index (κ3) is 3.56. The number of aromatic nitrogens is 1. The molecule has 3 aromatic rings. The molecule has 108 valence electrons. The van der Waals surface area contributed by atoms with E-state index in [1.807, 2.05) is 5.38 Å². The van der Waals surface area contributed by atoms with Gasteiger partial charge < -0.3 is 5.32 Å². The lowest BCUT2D eigenvalue weighted by molar-refractivity contribution is 0.571. The van der Waals surface area contributed by atoms with E-state index in [2.05, 4.69) is 34.1 Å². The van der Waals surface area contributed by atoms with E-state index >= 15 is 0 Å². The van der Waals surface area contributed by atoms with Crippen LogP contribution in [0.15, 0.2) is 46.5 Å². The molecule has 21 heavy (non-hydrogen) atoms. The lowest BCUT2D eigenvalue weighted by Crippen LogP contribution is -2.17. The van der Waals surface area contributed by atoms with Crippen molar-refractivity contribution in [3.8, 4) is 10.6 Å². The van der Waals surface area contributed by atoms with Crippen LogP contribution in [0.25, 0.3) is 10.6 Å². The van der Waals surface area contributed by atoms with Gasteiger partial charge in [0.25, 0.3) is 0 Å². The Morgan fingerprint density at radius 1 is 1.19 bits per heavy atom. The molecular weight excluding hydrogens is 303 g/mol. The van der Waals surface area contributed by atoms with Crippen molar-refractivity contribution in [3.05, 3.63) is 63.5 Å². The zero-order valence-corrected chi connectivity index (χ0v) is 13.2. The summed E-state index contributed by atoms with van der Waals surface area (Å²) in [7, 11) is 0. The Bertz CT molecular complexity index is 689. The molecule has 0 amide bonds. The van der Waals surface area contributed by atoms with Crippen LogP contribution in [-0.4, -0.2) is 4.98 Å². The molecule has 5 heteroatoms. The average Bonchev–Trinajstić information content (AvgIpc) is 3.17. The van der Waals surface area contributed by atoms with Gasteiger partial charge in [-0.15, -0.1) is 11.3 Å². The second-order valence-electron chi connectivity index (χ2n) is 4.81. The van der Waals surface area contributed by atoms with Crippen molar-refractivity contribution in [2.75, 3.05) is 0 Å². The van der Waals surface area contributed by atoms with Crippen molar-refractivity contribution in [2.24, 2.45) is 0 Å². The van der Waals surface area contributed by atoms with Crippen LogP contribution < -0.4 is 5.32 Å². The van der Waals surface area contributed by atoms with Gasteiger partial charge in [0.15, 0.2) is 0 Å². The van der Waals surface area contributed by atoms with Crippen LogP contribution in [-0.2, 0) is 6.54 Å². The summed E-state index contributed by atoms with van der Waals surface area (Å²) in [5.74, 6) is -0.221. The quantitative estimate of drug-likeness (QED) is 0.726. The monoisotopic (exact) mass is 318 g/mol. The summed E-state index contributed by atoms with van der Waals surface area (Å²) in [6.07, 6.45) is 0. The topological polar surface area (TPSA) is 24.9 Å². The van der Waals surface area contributed by atoms with Gasteiger partial charge in [-0.05, 0) is 53.6 Å². The van der Waals surface area contributed by atoms with Gasteiger partial charge in [0, 0.05) is 23.5 Å². The summed E-state index contributed by atoms with van der Waals surface area (Å²) >= 11 is 3.29. The molecule has 0 saturated heterocycles. The van der Waals surface area contributed by atoms with Crippen LogP contribution in [0, 0.1) is 5.82 Å². The zero-order chi connectivity index (χ0) is 14.7. The molecule has 0 fully saturated rings. The van der Waals surface area contributed by atoms with Crippen LogP contribution >= 0.6 is 22.7 Å². The molecule has 0 saturated carbocycles. The van der Waals surface area contributed by atoms with Crippen molar-refractivity contribution in [1.29, 1.82) is 0 Å². The van der Waals surface area contributed by atoms with E-state index in [0.717, 1.165) is 22.8 Å². The van der Waals surface area contributed by atoms with E-state index in [-0.39, 0.29) is 5.82 Å². The standard InChI is InChI=1S/C16H15FN2S2/c1-11(13-6-7-20-9-13)18-8-15-10-21-16(19-15)12-2-4-14(17)5-3-12/h2-7,9-11,18H,8H2,1H3. The zero-order valence-electron chi connectivity index (χ0n) is 11.5. The van der Waals surface area contributed by atoms with Gasteiger partial charge in [0.05, 0.1) is 5.69 Å². The van der Waals surface area contributed by atoms with Crippen molar-refractivity contribution < 1.29 is 4.39 Å². The van der Waals surface area contributed by atoms with Gasteiger partial charge in [0.1, 0.15) is 10.8 Å². The third-order valence-electron chi connectivity index (χ3n) is 3.28. The van der Waals surface area contributed by atoms with Crippen molar-refractivity contribution in [1.82, 2.24) is 10.3 Å². The lowest BCUT2D eigenvalue weighted by atomic mass is 10.2. The molecule has 0 radical (unpaired) electrons. The molecule has 1 unspecified atom stereocenters. The fraction of sp³-hybridized carbons (Fsp3) is 0.188. The minimum absolute atomic E-state index is 0.221. The average molecular weight is 318 g/mol. The Morgan fingerprint density at radius 2 is 2.00 bits per heavy atom. The molecule has 2 heterocycles. The van der Waals surface area contributed by atoms with Gasteiger partial charge in [-0.2, -0.15) is 11.3 Å². The predicted molar refractivity (Wildman–Crippen MR) is 87.1 cm³/mol. The Kier molecular flexibility index (Phi) is 4.43. The first-order valence-electron chi connectivity index (χ1n) is 6.68. The Balaban J connectivity index is 1.64. The van der Waals surface area contributed by atoms with Gasteiger partial charge in [-0.25, -0.2) is 9.37 Å². The highest BCUT2D eigenvalue weighted by atomic mass is 32.1. The second kappa shape index (κ2) is 6.47. The molecule has 0 spiro atoms.